The highest BCUT2D eigenvalue weighted by molar-refractivity contribution is 6.30. The molecule has 0 spiro atoms. The zero-order valence-electron chi connectivity index (χ0n) is 10.6. The minimum atomic E-state index is 0.398. The normalized spacial score (nSPS) is 14.7. The third kappa shape index (κ3) is 2.19. The summed E-state index contributed by atoms with van der Waals surface area (Å²) in [7, 11) is 1.63. The molecule has 1 aromatic heterocycles. The molecule has 0 aliphatic heterocycles. The Bertz CT molecular complexity index is 607. The molecule has 0 bridgehead atoms. The molecule has 2 aromatic rings. The number of nitrogens with two attached hydrogens (primary N) is 1. The second kappa shape index (κ2) is 4.83. The maximum absolute atomic E-state index is 6.07. The fourth-order valence-electron chi connectivity index (χ4n) is 2.24. The predicted molar refractivity (Wildman–Crippen MR) is 72.8 cm³/mol. The van der Waals surface area contributed by atoms with E-state index in [-0.39, 0.29) is 0 Å². The van der Waals surface area contributed by atoms with Gasteiger partial charge in [-0.3, -0.25) is 0 Å². The van der Waals surface area contributed by atoms with Crippen molar-refractivity contribution in [1.82, 2.24) is 15.0 Å². The SMILES string of the molecule is COc1ccc(Cl)cc1-n1nnc(CN)c1C1CC1. The molecule has 19 heavy (non-hydrogen) atoms. The largest absolute Gasteiger partial charge is 0.494 e. The van der Waals surface area contributed by atoms with Crippen molar-refractivity contribution in [1.29, 1.82) is 0 Å². The number of halogens is 1. The van der Waals surface area contributed by atoms with Crippen molar-refractivity contribution in [3.8, 4) is 11.4 Å². The first-order valence-corrected chi connectivity index (χ1v) is 6.61. The van der Waals surface area contributed by atoms with Gasteiger partial charge in [0.1, 0.15) is 17.1 Å². The lowest BCUT2D eigenvalue weighted by Gasteiger charge is -2.11. The number of hydrogen-bond donors (Lipinski definition) is 1. The van der Waals surface area contributed by atoms with Crippen LogP contribution in [0.15, 0.2) is 18.2 Å². The number of rotatable bonds is 4. The summed E-state index contributed by atoms with van der Waals surface area (Å²) in [6, 6.07) is 5.46. The zero-order chi connectivity index (χ0) is 13.4. The lowest BCUT2D eigenvalue weighted by Crippen LogP contribution is -2.06. The molecule has 1 aliphatic rings. The van der Waals surface area contributed by atoms with Crippen LogP contribution in [0.2, 0.25) is 5.02 Å². The molecule has 0 atom stereocenters. The molecule has 0 saturated heterocycles. The van der Waals surface area contributed by atoms with Crippen molar-refractivity contribution in [2.24, 2.45) is 5.73 Å². The lowest BCUT2D eigenvalue weighted by atomic mass is 10.2. The molecule has 5 nitrogen and oxygen atoms in total. The molecule has 2 N–H and O–H groups in total. The molecule has 100 valence electrons. The van der Waals surface area contributed by atoms with Crippen molar-refractivity contribution >= 4 is 11.6 Å². The highest BCUT2D eigenvalue weighted by atomic mass is 35.5. The minimum absolute atomic E-state index is 0.398. The fourth-order valence-corrected chi connectivity index (χ4v) is 2.40. The Labute approximate surface area is 116 Å². The van der Waals surface area contributed by atoms with Crippen LogP contribution in [-0.4, -0.2) is 22.1 Å². The van der Waals surface area contributed by atoms with Gasteiger partial charge in [-0.25, -0.2) is 4.68 Å². The third-order valence-corrected chi connectivity index (χ3v) is 3.54. The van der Waals surface area contributed by atoms with Gasteiger partial charge in [-0.1, -0.05) is 16.8 Å². The highest BCUT2D eigenvalue weighted by Gasteiger charge is 2.32. The first-order valence-electron chi connectivity index (χ1n) is 6.23. The summed E-state index contributed by atoms with van der Waals surface area (Å²) in [4.78, 5) is 0. The van der Waals surface area contributed by atoms with Gasteiger partial charge in [-0.15, -0.1) is 5.10 Å². The standard InChI is InChI=1S/C13H15ClN4O/c1-19-12-5-4-9(14)6-11(12)18-13(8-2-3-8)10(7-15)16-17-18/h4-6,8H,2-3,7,15H2,1H3. The summed E-state index contributed by atoms with van der Waals surface area (Å²) in [6.07, 6.45) is 2.31. The van der Waals surface area contributed by atoms with E-state index in [1.807, 2.05) is 16.8 Å². The summed E-state index contributed by atoms with van der Waals surface area (Å²) < 4.78 is 7.18. The molecule has 0 radical (unpaired) electrons. The van der Waals surface area contributed by atoms with Crippen molar-refractivity contribution in [2.45, 2.75) is 25.3 Å². The van der Waals surface area contributed by atoms with Gasteiger partial charge in [0, 0.05) is 17.5 Å². The Kier molecular flexibility index (Phi) is 3.16. The average molecular weight is 279 g/mol. The van der Waals surface area contributed by atoms with Crippen molar-refractivity contribution in [3.05, 3.63) is 34.6 Å². The first kappa shape index (κ1) is 12.4. The second-order valence-corrected chi connectivity index (χ2v) is 5.06. The molecular formula is C13H15ClN4O. The summed E-state index contributed by atoms with van der Waals surface area (Å²) in [5.74, 6) is 1.22. The third-order valence-electron chi connectivity index (χ3n) is 3.31. The van der Waals surface area contributed by atoms with Gasteiger partial charge in [0.2, 0.25) is 0 Å². The van der Waals surface area contributed by atoms with E-state index < -0.39 is 0 Å². The molecule has 3 rings (SSSR count). The van der Waals surface area contributed by atoms with Crippen LogP contribution in [0, 0.1) is 0 Å². The predicted octanol–water partition coefficient (Wildman–Crippen LogP) is 2.27. The van der Waals surface area contributed by atoms with E-state index >= 15 is 0 Å². The average Bonchev–Trinajstić information content (AvgIpc) is 3.17. The van der Waals surface area contributed by atoms with E-state index in [2.05, 4.69) is 10.3 Å². The van der Waals surface area contributed by atoms with Crippen LogP contribution in [0.5, 0.6) is 5.75 Å². The van der Waals surface area contributed by atoms with Crippen LogP contribution < -0.4 is 10.5 Å². The van der Waals surface area contributed by atoms with Crippen LogP contribution in [0.25, 0.3) is 5.69 Å². The molecule has 1 aromatic carbocycles. The number of aromatic nitrogens is 3. The Balaban J connectivity index is 2.16. The molecule has 1 heterocycles. The van der Waals surface area contributed by atoms with Gasteiger partial charge >= 0.3 is 0 Å². The van der Waals surface area contributed by atoms with Crippen LogP contribution in [0.1, 0.15) is 30.1 Å². The Morgan fingerprint density at radius 3 is 2.89 bits per heavy atom. The van der Waals surface area contributed by atoms with Crippen molar-refractivity contribution < 1.29 is 4.74 Å². The zero-order valence-corrected chi connectivity index (χ0v) is 11.4. The molecule has 0 unspecified atom stereocenters. The number of ether oxygens (including phenoxy) is 1. The molecule has 1 fully saturated rings. The summed E-state index contributed by atoms with van der Waals surface area (Å²) >= 11 is 6.07. The summed E-state index contributed by atoms with van der Waals surface area (Å²) in [6.45, 7) is 0.398. The maximum Gasteiger partial charge on any atom is 0.144 e. The van der Waals surface area contributed by atoms with Gasteiger partial charge < -0.3 is 10.5 Å². The minimum Gasteiger partial charge on any atom is -0.494 e. The van der Waals surface area contributed by atoms with E-state index in [9.17, 15) is 0 Å². The van der Waals surface area contributed by atoms with Crippen LogP contribution in [-0.2, 0) is 6.54 Å². The fraction of sp³-hybridized carbons (Fsp3) is 0.385. The molecule has 0 amide bonds. The van der Waals surface area contributed by atoms with Gasteiger partial charge in [0.15, 0.2) is 0 Å². The summed E-state index contributed by atoms with van der Waals surface area (Å²) in [5.41, 5.74) is 8.48. The van der Waals surface area contributed by atoms with Crippen molar-refractivity contribution in [3.63, 3.8) is 0 Å². The number of methoxy groups -OCH3 is 1. The molecular weight excluding hydrogens is 264 g/mol. The van der Waals surface area contributed by atoms with Gasteiger partial charge in [0.25, 0.3) is 0 Å². The number of nitrogens with zero attached hydrogens (tertiary/aromatic N) is 3. The van der Waals surface area contributed by atoms with Gasteiger partial charge in [-0.05, 0) is 31.0 Å². The number of benzene rings is 1. The first-order chi connectivity index (χ1) is 9.24. The number of hydrogen-bond acceptors (Lipinski definition) is 4. The monoisotopic (exact) mass is 278 g/mol. The van der Waals surface area contributed by atoms with Gasteiger partial charge in [0.05, 0.1) is 12.8 Å². The Morgan fingerprint density at radius 2 is 2.26 bits per heavy atom. The molecule has 6 heteroatoms. The quantitative estimate of drug-likeness (QED) is 0.932. The maximum atomic E-state index is 6.07. The van der Waals surface area contributed by atoms with Crippen molar-refractivity contribution in [2.75, 3.05) is 7.11 Å². The van der Waals surface area contributed by atoms with Crippen LogP contribution in [0.4, 0.5) is 0 Å². The smallest absolute Gasteiger partial charge is 0.144 e. The van der Waals surface area contributed by atoms with Crippen LogP contribution in [0.3, 0.4) is 0 Å². The van der Waals surface area contributed by atoms with E-state index in [1.54, 1.807) is 13.2 Å². The molecule has 1 aliphatic carbocycles. The summed E-state index contributed by atoms with van der Waals surface area (Å²) in [5, 5.41) is 9.02. The topological polar surface area (TPSA) is 66.0 Å². The highest BCUT2D eigenvalue weighted by Crippen LogP contribution is 2.42. The Morgan fingerprint density at radius 1 is 1.47 bits per heavy atom. The molecule has 1 saturated carbocycles. The van der Waals surface area contributed by atoms with E-state index in [0.29, 0.717) is 17.5 Å². The lowest BCUT2D eigenvalue weighted by molar-refractivity contribution is 0.411. The van der Waals surface area contributed by atoms with Crippen LogP contribution >= 0.6 is 11.6 Å². The van der Waals surface area contributed by atoms with E-state index in [0.717, 1.165) is 35.7 Å². The Hall–Kier alpha value is -1.59. The van der Waals surface area contributed by atoms with E-state index in [1.165, 1.54) is 0 Å². The van der Waals surface area contributed by atoms with Gasteiger partial charge in [-0.2, -0.15) is 0 Å². The van der Waals surface area contributed by atoms with E-state index in [4.69, 9.17) is 22.1 Å². The second-order valence-electron chi connectivity index (χ2n) is 4.63.